The van der Waals surface area contributed by atoms with Crippen LogP contribution >= 0.6 is 11.3 Å². The molecule has 3 aromatic rings. The minimum absolute atomic E-state index is 0.0658. The molecule has 1 aromatic carbocycles. The quantitative estimate of drug-likeness (QED) is 0.596. The van der Waals surface area contributed by atoms with Crippen LogP contribution < -0.4 is 14.8 Å². The second-order valence-electron chi connectivity index (χ2n) is 7.74. The standard InChI is InChI=1S/C24H27N3O4S/c1-25-24(29)20-10-17-11-21(30-2)22(31-3)12-18(17)14-27(20)23(28)13-19(16-6-9-32-15-16)26-7-4-5-8-26/h4-9,11-12,15,19-20H,10,13-14H2,1-3H3,(H,25,29). The first kappa shape index (κ1) is 22.0. The maximum absolute atomic E-state index is 13.6. The van der Waals surface area contributed by atoms with Gasteiger partial charge < -0.3 is 24.3 Å². The van der Waals surface area contributed by atoms with Gasteiger partial charge in [-0.15, -0.1) is 0 Å². The number of fused-ring (bicyclic) bond motifs is 1. The minimum atomic E-state index is -0.578. The van der Waals surface area contributed by atoms with Crippen LogP contribution in [0.3, 0.4) is 0 Å². The van der Waals surface area contributed by atoms with E-state index in [-0.39, 0.29) is 24.3 Å². The molecule has 2 atom stereocenters. The van der Waals surface area contributed by atoms with Gasteiger partial charge in [-0.05, 0) is 57.8 Å². The van der Waals surface area contributed by atoms with Crippen LogP contribution in [0.25, 0.3) is 0 Å². The first-order chi connectivity index (χ1) is 15.5. The summed E-state index contributed by atoms with van der Waals surface area (Å²) in [6.45, 7) is 0.342. The molecule has 3 heterocycles. The van der Waals surface area contributed by atoms with Gasteiger partial charge in [-0.2, -0.15) is 11.3 Å². The number of hydrogen-bond acceptors (Lipinski definition) is 5. The van der Waals surface area contributed by atoms with Crippen molar-refractivity contribution in [3.8, 4) is 11.5 Å². The Labute approximate surface area is 191 Å². The number of methoxy groups -OCH3 is 2. The summed E-state index contributed by atoms with van der Waals surface area (Å²) in [5, 5.41) is 6.80. The number of likely N-dealkylation sites (N-methyl/N-ethyl adjacent to an activating group) is 1. The van der Waals surface area contributed by atoms with Crippen LogP contribution in [0.1, 0.15) is 29.2 Å². The van der Waals surface area contributed by atoms with Crippen molar-refractivity contribution in [3.05, 3.63) is 70.2 Å². The number of carbonyl (C=O) groups excluding carboxylic acids is 2. The fourth-order valence-electron chi connectivity index (χ4n) is 4.27. The summed E-state index contributed by atoms with van der Waals surface area (Å²) < 4.78 is 12.9. The molecule has 2 unspecified atom stereocenters. The van der Waals surface area contributed by atoms with Gasteiger partial charge in [0.15, 0.2) is 11.5 Å². The number of nitrogens with zero attached hydrogens (tertiary/aromatic N) is 2. The Morgan fingerprint density at radius 1 is 1.16 bits per heavy atom. The normalized spacial score (nSPS) is 16.2. The van der Waals surface area contributed by atoms with Crippen molar-refractivity contribution in [3.63, 3.8) is 0 Å². The molecule has 0 saturated heterocycles. The lowest BCUT2D eigenvalue weighted by Crippen LogP contribution is -2.52. The molecule has 2 aromatic heterocycles. The number of rotatable bonds is 7. The van der Waals surface area contributed by atoms with Gasteiger partial charge in [0.05, 0.1) is 26.7 Å². The Morgan fingerprint density at radius 2 is 1.84 bits per heavy atom. The lowest BCUT2D eigenvalue weighted by molar-refractivity contribution is -0.142. The number of thiophene rings is 1. The van der Waals surface area contributed by atoms with Crippen LogP contribution in [0, 0.1) is 0 Å². The molecule has 0 saturated carbocycles. The molecular weight excluding hydrogens is 426 g/mol. The van der Waals surface area contributed by atoms with Crippen LogP contribution in [-0.4, -0.2) is 48.6 Å². The van der Waals surface area contributed by atoms with E-state index in [1.165, 1.54) is 0 Å². The highest BCUT2D eigenvalue weighted by molar-refractivity contribution is 7.08. The van der Waals surface area contributed by atoms with Gasteiger partial charge in [-0.1, -0.05) is 0 Å². The van der Waals surface area contributed by atoms with E-state index in [9.17, 15) is 9.59 Å². The zero-order chi connectivity index (χ0) is 22.7. The van der Waals surface area contributed by atoms with Crippen molar-refractivity contribution in [1.82, 2.24) is 14.8 Å². The minimum Gasteiger partial charge on any atom is -0.493 e. The Kier molecular flexibility index (Phi) is 6.50. The summed E-state index contributed by atoms with van der Waals surface area (Å²) in [7, 11) is 4.78. The van der Waals surface area contributed by atoms with E-state index in [2.05, 4.69) is 10.7 Å². The zero-order valence-electron chi connectivity index (χ0n) is 18.4. The van der Waals surface area contributed by atoms with E-state index in [0.717, 1.165) is 16.7 Å². The van der Waals surface area contributed by atoms with Gasteiger partial charge in [-0.25, -0.2) is 0 Å². The summed E-state index contributed by atoms with van der Waals surface area (Å²) in [4.78, 5) is 28.0. The maximum atomic E-state index is 13.6. The second kappa shape index (κ2) is 9.48. The molecule has 0 radical (unpaired) electrons. The SMILES string of the molecule is CNC(=O)C1Cc2cc(OC)c(OC)cc2CN1C(=O)CC(c1ccsc1)n1cccc1. The van der Waals surface area contributed by atoms with Crippen molar-refractivity contribution >= 4 is 23.2 Å². The monoisotopic (exact) mass is 453 g/mol. The predicted octanol–water partition coefficient (Wildman–Crippen LogP) is 3.25. The number of amides is 2. The predicted molar refractivity (Wildman–Crippen MR) is 123 cm³/mol. The molecule has 0 aliphatic carbocycles. The van der Waals surface area contributed by atoms with Gasteiger partial charge in [-0.3, -0.25) is 9.59 Å². The van der Waals surface area contributed by atoms with Crippen molar-refractivity contribution in [2.45, 2.75) is 31.5 Å². The molecular formula is C24H27N3O4S. The number of hydrogen-bond donors (Lipinski definition) is 1. The van der Waals surface area contributed by atoms with E-state index in [4.69, 9.17) is 9.47 Å². The summed E-state index contributed by atoms with van der Waals surface area (Å²) in [6.07, 6.45) is 4.62. The first-order valence-corrected chi connectivity index (χ1v) is 11.4. The fraction of sp³-hybridized carbons (Fsp3) is 0.333. The van der Waals surface area contributed by atoms with Crippen LogP contribution in [0.2, 0.25) is 0 Å². The molecule has 1 aliphatic heterocycles. The highest BCUT2D eigenvalue weighted by Gasteiger charge is 2.36. The molecule has 168 valence electrons. The third kappa shape index (κ3) is 4.23. The van der Waals surface area contributed by atoms with E-state index in [0.29, 0.717) is 24.5 Å². The lowest BCUT2D eigenvalue weighted by Gasteiger charge is -2.37. The number of carbonyl (C=O) groups is 2. The Morgan fingerprint density at radius 3 is 2.44 bits per heavy atom. The van der Waals surface area contributed by atoms with Gasteiger partial charge in [0.25, 0.3) is 0 Å². The highest BCUT2D eigenvalue weighted by atomic mass is 32.1. The molecule has 32 heavy (non-hydrogen) atoms. The first-order valence-electron chi connectivity index (χ1n) is 10.4. The van der Waals surface area contributed by atoms with Gasteiger partial charge >= 0.3 is 0 Å². The van der Waals surface area contributed by atoms with Crippen molar-refractivity contribution < 1.29 is 19.1 Å². The van der Waals surface area contributed by atoms with E-state index < -0.39 is 6.04 Å². The highest BCUT2D eigenvalue weighted by Crippen LogP contribution is 2.35. The van der Waals surface area contributed by atoms with Gasteiger partial charge in [0.2, 0.25) is 11.8 Å². The van der Waals surface area contributed by atoms with E-state index in [1.54, 1.807) is 37.5 Å². The van der Waals surface area contributed by atoms with E-state index in [1.807, 2.05) is 52.7 Å². The number of aromatic nitrogens is 1. The molecule has 1 aliphatic rings. The molecule has 1 N–H and O–H groups in total. The molecule has 0 spiro atoms. The fourth-order valence-corrected chi connectivity index (χ4v) is 4.98. The number of benzene rings is 1. The number of ether oxygens (including phenoxy) is 2. The number of nitrogens with one attached hydrogen (secondary N) is 1. The molecule has 0 bridgehead atoms. The van der Waals surface area contributed by atoms with Gasteiger partial charge in [0, 0.05) is 32.4 Å². The molecule has 7 nitrogen and oxygen atoms in total. The largest absolute Gasteiger partial charge is 0.493 e. The van der Waals surface area contributed by atoms with E-state index >= 15 is 0 Å². The van der Waals surface area contributed by atoms with Crippen molar-refractivity contribution in [1.29, 1.82) is 0 Å². The third-order valence-corrected chi connectivity index (χ3v) is 6.69. The Hall–Kier alpha value is -3.26. The molecule has 2 amide bonds. The summed E-state index contributed by atoms with van der Waals surface area (Å²) in [5.41, 5.74) is 3.03. The maximum Gasteiger partial charge on any atom is 0.242 e. The molecule has 4 rings (SSSR count). The van der Waals surface area contributed by atoms with Crippen LogP contribution in [0.5, 0.6) is 11.5 Å². The molecule has 8 heteroatoms. The summed E-state index contributed by atoms with van der Waals surface area (Å²) >= 11 is 1.61. The van der Waals surface area contributed by atoms with Crippen molar-refractivity contribution in [2.75, 3.05) is 21.3 Å². The third-order valence-electron chi connectivity index (χ3n) is 5.99. The topological polar surface area (TPSA) is 72.8 Å². The van der Waals surface area contributed by atoms with Crippen LogP contribution in [0.15, 0.2) is 53.5 Å². The summed E-state index contributed by atoms with van der Waals surface area (Å²) in [5.74, 6) is 0.989. The smallest absolute Gasteiger partial charge is 0.242 e. The summed E-state index contributed by atoms with van der Waals surface area (Å²) in [6, 6.07) is 9.05. The zero-order valence-corrected chi connectivity index (χ0v) is 19.2. The average molecular weight is 454 g/mol. The average Bonchev–Trinajstić information content (AvgIpc) is 3.54. The molecule has 0 fully saturated rings. The lowest BCUT2D eigenvalue weighted by atomic mass is 9.92. The van der Waals surface area contributed by atoms with Crippen LogP contribution in [0.4, 0.5) is 0 Å². The second-order valence-corrected chi connectivity index (χ2v) is 8.52. The van der Waals surface area contributed by atoms with Crippen LogP contribution in [-0.2, 0) is 22.6 Å². The van der Waals surface area contributed by atoms with Gasteiger partial charge in [0.1, 0.15) is 6.04 Å². The van der Waals surface area contributed by atoms with Crippen molar-refractivity contribution in [2.24, 2.45) is 0 Å². The Balaban J connectivity index is 1.65. The Bertz CT molecular complexity index is 1040.